The Labute approximate surface area is 154 Å². The molecule has 0 heterocycles. The van der Waals surface area contributed by atoms with E-state index in [9.17, 15) is 31.5 Å². The van der Waals surface area contributed by atoms with Crippen molar-refractivity contribution in [2.45, 2.75) is 76.5 Å². The van der Waals surface area contributed by atoms with E-state index in [1.165, 1.54) is 0 Å². The van der Waals surface area contributed by atoms with Gasteiger partial charge in [0.15, 0.2) is 0 Å². The summed E-state index contributed by atoms with van der Waals surface area (Å²) in [4.78, 5) is 22.9. The van der Waals surface area contributed by atoms with Crippen LogP contribution in [0.4, 0.5) is 22.0 Å². The highest BCUT2D eigenvalue weighted by molar-refractivity contribution is 6.17. The van der Waals surface area contributed by atoms with Crippen molar-refractivity contribution in [3.8, 4) is 0 Å². The second-order valence-electron chi connectivity index (χ2n) is 5.90. The summed E-state index contributed by atoms with van der Waals surface area (Å²) in [6.45, 7) is 1.53. The van der Waals surface area contributed by atoms with Gasteiger partial charge >= 0.3 is 24.0 Å². The fourth-order valence-electron chi connectivity index (χ4n) is 1.97. The summed E-state index contributed by atoms with van der Waals surface area (Å²) >= 11 is 5.53. The minimum absolute atomic E-state index is 0.0427. The van der Waals surface area contributed by atoms with Crippen LogP contribution in [-0.4, -0.2) is 42.6 Å². The summed E-state index contributed by atoms with van der Waals surface area (Å²) in [5, 5.41) is 0. The largest absolute Gasteiger partial charge is 0.465 e. The van der Waals surface area contributed by atoms with Crippen molar-refractivity contribution in [1.82, 2.24) is 0 Å². The fraction of sp³-hybridized carbons (Fsp3) is 0.875. The van der Waals surface area contributed by atoms with Crippen LogP contribution in [0.25, 0.3) is 0 Å². The van der Waals surface area contributed by atoms with E-state index in [1.54, 1.807) is 6.92 Å². The Morgan fingerprint density at radius 2 is 1.62 bits per heavy atom. The molecule has 0 bridgehead atoms. The molecular formula is C16H24ClF5O4. The van der Waals surface area contributed by atoms with Crippen molar-refractivity contribution in [1.29, 1.82) is 0 Å². The minimum atomic E-state index is -5.55. The van der Waals surface area contributed by atoms with Crippen LogP contribution in [-0.2, 0) is 19.1 Å². The molecule has 1 unspecified atom stereocenters. The smallest absolute Gasteiger partial charge is 0.453 e. The monoisotopic (exact) mass is 410 g/mol. The predicted molar refractivity (Wildman–Crippen MR) is 85.2 cm³/mol. The quantitative estimate of drug-likeness (QED) is 0.141. The molecule has 0 saturated carbocycles. The van der Waals surface area contributed by atoms with E-state index >= 15 is 0 Å². The molecule has 0 aromatic heterocycles. The number of unbranched alkanes of at least 4 members (excludes halogenated alkanes) is 3. The Morgan fingerprint density at radius 1 is 0.962 bits per heavy atom. The minimum Gasteiger partial charge on any atom is -0.465 e. The lowest BCUT2D eigenvalue weighted by Crippen LogP contribution is -2.36. The van der Waals surface area contributed by atoms with Gasteiger partial charge in [-0.15, -0.1) is 11.6 Å². The van der Waals surface area contributed by atoms with E-state index in [0.717, 1.165) is 12.8 Å². The van der Waals surface area contributed by atoms with Crippen molar-refractivity contribution in [3.63, 3.8) is 0 Å². The van der Waals surface area contributed by atoms with Crippen molar-refractivity contribution in [2.24, 2.45) is 0 Å². The molecule has 0 spiro atoms. The molecular weight excluding hydrogens is 387 g/mol. The van der Waals surface area contributed by atoms with Gasteiger partial charge in [-0.2, -0.15) is 22.0 Å². The van der Waals surface area contributed by atoms with E-state index in [2.05, 4.69) is 0 Å². The van der Waals surface area contributed by atoms with Gasteiger partial charge in [0.2, 0.25) is 0 Å². The first-order valence-corrected chi connectivity index (χ1v) is 8.88. The number of halogens is 6. The average molecular weight is 411 g/mol. The second-order valence-corrected chi connectivity index (χ2v) is 6.27. The highest BCUT2D eigenvalue weighted by Crippen LogP contribution is 2.39. The lowest BCUT2D eigenvalue weighted by atomic mass is 10.1. The zero-order chi connectivity index (χ0) is 20.2. The van der Waals surface area contributed by atoms with E-state index < -0.39 is 36.9 Å². The summed E-state index contributed by atoms with van der Waals surface area (Å²) < 4.78 is 70.9. The van der Waals surface area contributed by atoms with Crippen LogP contribution in [0, 0.1) is 0 Å². The Bertz CT molecular complexity index is 429. The SMILES string of the molecule is CC(CCCCCl)OC(=O)CC(=O)OCCCCCC(F)(F)C(F)(F)F. The predicted octanol–water partition coefficient (Wildman–Crippen LogP) is 5.02. The third-order valence-electron chi connectivity index (χ3n) is 3.43. The molecule has 0 rings (SSSR count). The van der Waals surface area contributed by atoms with Crippen LogP contribution >= 0.6 is 11.6 Å². The van der Waals surface area contributed by atoms with Crippen LogP contribution in [0.5, 0.6) is 0 Å². The van der Waals surface area contributed by atoms with Gasteiger partial charge in [0, 0.05) is 12.3 Å². The number of carbonyl (C=O) groups is 2. The van der Waals surface area contributed by atoms with Crippen molar-refractivity contribution >= 4 is 23.5 Å². The molecule has 0 aliphatic rings. The van der Waals surface area contributed by atoms with E-state index in [4.69, 9.17) is 21.1 Å². The lowest BCUT2D eigenvalue weighted by Gasteiger charge is -2.19. The summed E-state index contributed by atoms with van der Waals surface area (Å²) in [7, 11) is 0. The number of rotatable bonds is 13. The van der Waals surface area contributed by atoms with Crippen LogP contribution in [0.1, 0.15) is 58.3 Å². The number of esters is 2. The molecule has 0 amide bonds. The molecule has 0 aliphatic carbocycles. The highest BCUT2D eigenvalue weighted by Gasteiger charge is 2.56. The molecule has 0 fully saturated rings. The molecule has 0 N–H and O–H groups in total. The molecule has 0 aromatic rings. The summed E-state index contributed by atoms with van der Waals surface area (Å²) in [6, 6.07) is 0. The van der Waals surface area contributed by atoms with E-state index in [-0.39, 0.29) is 32.0 Å². The van der Waals surface area contributed by atoms with Crippen molar-refractivity contribution in [2.75, 3.05) is 12.5 Å². The van der Waals surface area contributed by atoms with Gasteiger partial charge in [-0.1, -0.05) is 0 Å². The molecule has 0 aromatic carbocycles. The maximum atomic E-state index is 12.6. The Morgan fingerprint density at radius 3 is 2.19 bits per heavy atom. The van der Waals surface area contributed by atoms with Gasteiger partial charge in [-0.25, -0.2) is 0 Å². The summed E-state index contributed by atoms with van der Waals surface area (Å²) in [5.74, 6) is -5.77. The Kier molecular flexibility index (Phi) is 11.8. The van der Waals surface area contributed by atoms with Crippen molar-refractivity contribution < 1.29 is 41.0 Å². The fourth-order valence-corrected chi connectivity index (χ4v) is 2.16. The summed E-state index contributed by atoms with van der Waals surface area (Å²) in [6.07, 6.45) is -5.78. The molecule has 1 atom stereocenters. The number of carbonyl (C=O) groups excluding carboxylic acids is 2. The molecule has 154 valence electrons. The third kappa shape index (κ3) is 11.5. The number of hydrogen-bond acceptors (Lipinski definition) is 4. The molecule has 0 aliphatic heterocycles. The topological polar surface area (TPSA) is 52.6 Å². The molecule has 10 heteroatoms. The maximum absolute atomic E-state index is 12.6. The zero-order valence-corrected chi connectivity index (χ0v) is 15.3. The van der Waals surface area contributed by atoms with E-state index in [1.807, 2.05) is 0 Å². The summed E-state index contributed by atoms with van der Waals surface area (Å²) in [5.41, 5.74) is 0. The number of alkyl halides is 6. The van der Waals surface area contributed by atoms with Gasteiger partial charge in [0.25, 0.3) is 0 Å². The first-order valence-electron chi connectivity index (χ1n) is 8.35. The second kappa shape index (κ2) is 12.3. The first-order chi connectivity index (χ1) is 12.0. The first kappa shape index (κ1) is 24.9. The molecule has 4 nitrogen and oxygen atoms in total. The number of hydrogen-bond donors (Lipinski definition) is 0. The molecule has 26 heavy (non-hydrogen) atoms. The average Bonchev–Trinajstić information content (AvgIpc) is 2.49. The lowest BCUT2D eigenvalue weighted by molar-refractivity contribution is -0.284. The number of ether oxygens (including phenoxy) is 2. The van der Waals surface area contributed by atoms with Crippen LogP contribution in [0.2, 0.25) is 0 Å². The third-order valence-corrected chi connectivity index (χ3v) is 3.70. The zero-order valence-electron chi connectivity index (χ0n) is 14.5. The van der Waals surface area contributed by atoms with Crippen LogP contribution in [0.15, 0.2) is 0 Å². The Hall–Kier alpha value is -1.12. The van der Waals surface area contributed by atoms with Gasteiger partial charge in [0.1, 0.15) is 6.42 Å². The van der Waals surface area contributed by atoms with Crippen LogP contribution in [0.3, 0.4) is 0 Å². The van der Waals surface area contributed by atoms with Crippen molar-refractivity contribution in [3.05, 3.63) is 0 Å². The van der Waals surface area contributed by atoms with Crippen LogP contribution < -0.4 is 0 Å². The van der Waals surface area contributed by atoms with Gasteiger partial charge in [-0.05, 0) is 45.4 Å². The normalized spacial score (nSPS) is 13.3. The Balaban J connectivity index is 3.78. The standard InChI is InChI=1S/C16H24ClF5O4/c1-12(7-3-5-9-17)26-14(24)11-13(23)25-10-6-2-4-8-15(18,19)16(20,21)22/h12H,2-11H2,1H3. The molecule has 0 saturated heterocycles. The van der Waals surface area contributed by atoms with Gasteiger partial charge in [0.05, 0.1) is 12.7 Å². The van der Waals surface area contributed by atoms with E-state index in [0.29, 0.717) is 12.3 Å². The van der Waals surface area contributed by atoms with Gasteiger partial charge in [-0.3, -0.25) is 9.59 Å². The maximum Gasteiger partial charge on any atom is 0.453 e. The van der Waals surface area contributed by atoms with Gasteiger partial charge < -0.3 is 9.47 Å². The highest BCUT2D eigenvalue weighted by atomic mass is 35.5. The molecule has 0 radical (unpaired) electrons.